The van der Waals surface area contributed by atoms with Crippen LogP contribution in [0.2, 0.25) is 0 Å². The first-order valence-corrected chi connectivity index (χ1v) is 5.30. The Morgan fingerprint density at radius 3 is 2.69 bits per heavy atom. The summed E-state index contributed by atoms with van der Waals surface area (Å²) in [5, 5.41) is 22.0. The van der Waals surface area contributed by atoms with Gasteiger partial charge in [0, 0.05) is 18.7 Å². The minimum Gasteiger partial charge on any atom is -0.504 e. The Bertz CT molecular complexity index is 350. The molecule has 0 aliphatic rings. The van der Waals surface area contributed by atoms with E-state index < -0.39 is 6.10 Å². The zero-order chi connectivity index (χ0) is 12.1. The number of phenols is 1. The van der Waals surface area contributed by atoms with Crippen molar-refractivity contribution < 1.29 is 14.9 Å². The summed E-state index contributed by atoms with van der Waals surface area (Å²) in [7, 11) is 1.53. The Kier molecular flexibility index (Phi) is 4.58. The van der Waals surface area contributed by atoms with Crippen LogP contribution < -0.4 is 10.1 Å². The number of nitrogens with one attached hydrogen (secondary N) is 1. The van der Waals surface area contributed by atoms with Crippen LogP contribution in [0, 0.1) is 6.92 Å². The largest absolute Gasteiger partial charge is 0.504 e. The van der Waals surface area contributed by atoms with Crippen molar-refractivity contribution in [1.82, 2.24) is 5.32 Å². The number of benzene rings is 1. The number of aliphatic hydroxyl groups is 1. The number of aromatic hydroxyl groups is 1. The van der Waals surface area contributed by atoms with E-state index in [-0.39, 0.29) is 5.75 Å². The quantitative estimate of drug-likeness (QED) is 0.704. The van der Waals surface area contributed by atoms with E-state index in [1.54, 1.807) is 13.0 Å². The monoisotopic (exact) mass is 225 g/mol. The molecule has 0 radical (unpaired) electrons. The summed E-state index contributed by atoms with van der Waals surface area (Å²) in [5.41, 5.74) is 1.81. The molecule has 0 fully saturated rings. The predicted molar refractivity (Wildman–Crippen MR) is 62.8 cm³/mol. The molecular weight excluding hydrogens is 206 g/mol. The van der Waals surface area contributed by atoms with Gasteiger partial charge in [-0.1, -0.05) is 6.07 Å². The van der Waals surface area contributed by atoms with Crippen LogP contribution in [-0.4, -0.2) is 30.0 Å². The number of rotatable bonds is 5. The highest BCUT2D eigenvalue weighted by molar-refractivity contribution is 5.48. The van der Waals surface area contributed by atoms with Crippen molar-refractivity contribution >= 4 is 0 Å². The number of aliphatic hydroxyl groups excluding tert-OH is 1. The molecule has 1 rings (SSSR count). The maximum Gasteiger partial charge on any atom is 0.162 e. The van der Waals surface area contributed by atoms with Gasteiger partial charge in [-0.15, -0.1) is 0 Å². The molecule has 4 heteroatoms. The van der Waals surface area contributed by atoms with Gasteiger partial charge in [0.25, 0.3) is 0 Å². The molecule has 90 valence electrons. The normalized spacial score (nSPS) is 12.5. The van der Waals surface area contributed by atoms with Gasteiger partial charge in [0.1, 0.15) is 0 Å². The number of hydrogen-bond donors (Lipinski definition) is 3. The number of hydrogen-bond acceptors (Lipinski definition) is 4. The molecular formula is C12H19NO3. The molecule has 0 heterocycles. The standard InChI is InChI=1S/C12H19NO3/c1-8-4-10(7-13-6-9(2)14)12(15)11(5-8)16-3/h4-5,9,13-15H,6-7H2,1-3H3. The molecule has 1 aromatic carbocycles. The zero-order valence-electron chi connectivity index (χ0n) is 9.95. The maximum absolute atomic E-state index is 9.85. The molecule has 1 atom stereocenters. The van der Waals surface area contributed by atoms with Crippen LogP contribution in [0.15, 0.2) is 12.1 Å². The SMILES string of the molecule is COc1cc(C)cc(CNCC(C)O)c1O. The van der Waals surface area contributed by atoms with Gasteiger partial charge in [-0.05, 0) is 25.5 Å². The lowest BCUT2D eigenvalue weighted by atomic mass is 10.1. The van der Waals surface area contributed by atoms with Crippen molar-refractivity contribution in [3.05, 3.63) is 23.3 Å². The van der Waals surface area contributed by atoms with Crippen LogP contribution in [0.3, 0.4) is 0 Å². The predicted octanol–water partition coefficient (Wildman–Crippen LogP) is 1.18. The number of methoxy groups -OCH3 is 1. The van der Waals surface area contributed by atoms with Gasteiger partial charge in [-0.2, -0.15) is 0 Å². The van der Waals surface area contributed by atoms with Crippen molar-refractivity contribution in [1.29, 1.82) is 0 Å². The van der Waals surface area contributed by atoms with Crippen LogP contribution in [0.4, 0.5) is 0 Å². The van der Waals surface area contributed by atoms with E-state index in [1.165, 1.54) is 7.11 Å². The first kappa shape index (κ1) is 12.8. The minimum atomic E-state index is -0.395. The van der Waals surface area contributed by atoms with Crippen LogP contribution in [0.1, 0.15) is 18.1 Å². The van der Waals surface area contributed by atoms with Gasteiger partial charge < -0.3 is 20.3 Å². The Labute approximate surface area is 95.9 Å². The first-order chi connectivity index (χ1) is 7.54. The molecule has 0 amide bonds. The Morgan fingerprint density at radius 1 is 1.44 bits per heavy atom. The second kappa shape index (κ2) is 5.72. The van der Waals surface area contributed by atoms with Crippen LogP contribution in [0.5, 0.6) is 11.5 Å². The van der Waals surface area contributed by atoms with Crippen molar-refractivity contribution in [2.75, 3.05) is 13.7 Å². The Hall–Kier alpha value is -1.26. The third-order valence-electron chi connectivity index (χ3n) is 2.27. The van der Waals surface area contributed by atoms with Gasteiger partial charge in [-0.3, -0.25) is 0 Å². The highest BCUT2D eigenvalue weighted by atomic mass is 16.5. The summed E-state index contributed by atoms with van der Waals surface area (Å²) >= 11 is 0. The molecule has 0 saturated carbocycles. The second-order valence-electron chi connectivity index (χ2n) is 3.95. The van der Waals surface area contributed by atoms with E-state index in [9.17, 15) is 5.11 Å². The molecule has 0 spiro atoms. The highest BCUT2D eigenvalue weighted by Gasteiger charge is 2.08. The molecule has 1 aromatic rings. The number of ether oxygens (including phenoxy) is 1. The van der Waals surface area contributed by atoms with Crippen molar-refractivity contribution in [2.24, 2.45) is 0 Å². The third-order valence-corrected chi connectivity index (χ3v) is 2.27. The lowest BCUT2D eigenvalue weighted by molar-refractivity contribution is 0.191. The van der Waals surface area contributed by atoms with Crippen LogP contribution in [-0.2, 0) is 6.54 Å². The summed E-state index contributed by atoms with van der Waals surface area (Å²) in [4.78, 5) is 0. The number of phenolic OH excluding ortho intramolecular Hbond substituents is 1. The van der Waals surface area contributed by atoms with E-state index in [2.05, 4.69) is 5.32 Å². The van der Waals surface area contributed by atoms with E-state index in [0.717, 1.165) is 11.1 Å². The smallest absolute Gasteiger partial charge is 0.162 e. The lowest BCUT2D eigenvalue weighted by Crippen LogP contribution is -2.23. The van der Waals surface area contributed by atoms with Gasteiger partial charge in [0.2, 0.25) is 0 Å². The molecule has 0 bridgehead atoms. The maximum atomic E-state index is 9.85. The molecule has 0 aliphatic heterocycles. The molecule has 0 saturated heterocycles. The Morgan fingerprint density at radius 2 is 2.12 bits per heavy atom. The van der Waals surface area contributed by atoms with Crippen molar-refractivity contribution in [3.63, 3.8) is 0 Å². The van der Waals surface area contributed by atoms with E-state index in [1.807, 2.05) is 13.0 Å². The Balaban J connectivity index is 2.75. The number of aryl methyl sites for hydroxylation is 1. The van der Waals surface area contributed by atoms with E-state index >= 15 is 0 Å². The molecule has 16 heavy (non-hydrogen) atoms. The summed E-state index contributed by atoms with van der Waals surface area (Å²) < 4.78 is 5.07. The van der Waals surface area contributed by atoms with Gasteiger partial charge in [0.15, 0.2) is 11.5 Å². The van der Waals surface area contributed by atoms with Gasteiger partial charge >= 0.3 is 0 Å². The fourth-order valence-electron chi connectivity index (χ4n) is 1.52. The average molecular weight is 225 g/mol. The summed E-state index contributed by atoms with van der Waals surface area (Å²) in [6.45, 7) is 4.66. The summed E-state index contributed by atoms with van der Waals surface area (Å²) in [6.07, 6.45) is -0.395. The molecule has 3 N–H and O–H groups in total. The zero-order valence-corrected chi connectivity index (χ0v) is 9.95. The summed E-state index contributed by atoms with van der Waals surface area (Å²) in [6, 6.07) is 3.68. The molecule has 0 aliphatic carbocycles. The fraction of sp³-hybridized carbons (Fsp3) is 0.500. The second-order valence-corrected chi connectivity index (χ2v) is 3.95. The topological polar surface area (TPSA) is 61.7 Å². The average Bonchev–Trinajstić information content (AvgIpc) is 2.22. The van der Waals surface area contributed by atoms with Crippen LogP contribution in [0.25, 0.3) is 0 Å². The molecule has 0 aromatic heterocycles. The summed E-state index contributed by atoms with van der Waals surface area (Å²) in [5.74, 6) is 0.639. The van der Waals surface area contributed by atoms with Crippen molar-refractivity contribution in [3.8, 4) is 11.5 Å². The van der Waals surface area contributed by atoms with E-state index in [0.29, 0.717) is 18.8 Å². The minimum absolute atomic E-state index is 0.159. The highest BCUT2D eigenvalue weighted by Crippen LogP contribution is 2.31. The fourth-order valence-corrected chi connectivity index (χ4v) is 1.52. The molecule has 4 nitrogen and oxygen atoms in total. The van der Waals surface area contributed by atoms with Gasteiger partial charge in [0.05, 0.1) is 13.2 Å². The first-order valence-electron chi connectivity index (χ1n) is 5.30. The van der Waals surface area contributed by atoms with Crippen LogP contribution >= 0.6 is 0 Å². The molecule has 1 unspecified atom stereocenters. The van der Waals surface area contributed by atoms with Gasteiger partial charge in [-0.25, -0.2) is 0 Å². The van der Waals surface area contributed by atoms with Crippen molar-refractivity contribution in [2.45, 2.75) is 26.5 Å². The lowest BCUT2D eigenvalue weighted by Gasteiger charge is -2.12. The third kappa shape index (κ3) is 3.40. The van der Waals surface area contributed by atoms with E-state index in [4.69, 9.17) is 9.84 Å².